The van der Waals surface area contributed by atoms with Crippen LogP contribution in [0.1, 0.15) is 92.4 Å². The fourth-order valence-electron chi connectivity index (χ4n) is 2.84. The molecule has 0 aromatic rings. The third-order valence-electron chi connectivity index (χ3n) is 4.01. The van der Waals surface area contributed by atoms with Crippen LogP contribution in [-0.2, 0) is 4.79 Å². The number of rotatable bonds is 12. The van der Waals surface area contributed by atoms with E-state index in [1.807, 2.05) is 0 Å². The predicted octanol–water partition coefficient (Wildman–Crippen LogP) is 6.01. The van der Waals surface area contributed by atoms with E-state index in [9.17, 15) is 4.79 Å². The summed E-state index contributed by atoms with van der Waals surface area (Å²) in [6.45, 7) is 11.1. The van der Waals surface area contributed by atoms with Gasteiger partial charge in [0.05, 0.1) is 0 Å². The Morgan fingerprint density at radius 1 is 0.789 bits per heavy atom. The average molecular weight is 268 g/mol. The topological polar surface area (TPSA) is 17.1 Å². The maximum atomic E-state index is 10.8. The number of ketones is 1. The van der Waals surface area contributed by atoms with Crippen molar-refractivity contribution < 1.29 is 4.79 Å². The molecule has 0 N–H and O–H groups in total. The van der Waals surface area contributed by atoms with Crippen molar-refractivity contribution in [3.05, 3.63) is 0 Å². The summed E-state index contributed by atoms with van der Waals surface area (Å²) in [5.74, 6) is 2.93. The highest BCUT2D eigenvalue weighted by atomic mass is 16.1. The second-order valence-electron chi connectivity index (χ2n) is 7.07. The van der Waals surface area contributed by atoms with Crippen molar-refractivity contribution >= 4 is 5.78 Å². The molecule has 0 heterocycles. The lowest BCUT2D eigenvalue weighted by Crippen LogP contribution is -2.04. The lowest BCUT2D eigenvalue weighted by atomic mass is 9.89. The first-order chi connectivity index (χ1) is 8.91. The SMILES string of the molecule is CC(=O)CCCCCC(C)CC(C)CCCC(C)C. The molecule has 1 heteroatoms. The van der Waals surface area contributed by atoms with E-state index in [0.29, 0.717) is 5.78 Å². The second kappa shape index (κ2) is 11.5. The standard InChI is InChI=1S/C18H36O/c1-15(2)10-9-12-17(4)14-16(3)11-7-6-8-13-18(5)19/h15-17H,6-14H2,1-5H3. The fraction of sp³-hybridized carbons (Fsp3) is 0.944. The fourth-order valence-corrected chi connectivity index (χ4v) is 2.84. The molecule has 114 valence electrons. The Labute approximate surface area is 121 Å². The summed E-state index contributed by atoms with van der Waals surface area (Å²) in [6, 6.07) is 0. The molecule has 0 saturated carbocycles. The molecule has 0 aliphatic carbocycles. The Morgan fingerprint density at radius 2 is 1.37 bits per heavy atom. The number of carbonyl (C=O) groups is 1. The Morgan fingerprint density at radius 3 is 1.89 bits per heavy atom. The molecule has 0 bridgehead atoms. The summed E-state index contributed by atoms with van der Waals surface area (Å²) in [5.41, 5.74) is 0. The molecular formula is C18H36O. The van der Waals surface area contributed by atoms with Gasteiger partial charge < -0.3 is 4.79 Å². The highest BCUT2D eigenvalue weighted by Gasteiger charge is 2.09. The van der Waals surface area contributed by atoms with Crippen LogP contribution in [0.2, 0.25) is 0 Å². The minimum absolute atomic E-state index is 0.340. The number of carbonyl (C=O) groups excluding carboxylic acids is 1. The zero-order valence-electron chi connectivity index (χ0n) is 14.0. The molecule has 0 radical (unpaired) electrons. The van der Waals surface area contributed by atoms with Gasteiger partial charge in [-0.3, -0.25) is 0 Å². The summed E-state index contributed by atoms with van der Waals surface area (Å²) in [4.78, 5) is 10.8. The van der Waals surface area contributed by atoms with Crippen molar-refractivity contribution in [2.75, 3.05) is 0 Å². The molecule has 2 unspecified atom stereocenters. The maximum Gasteiger partial charge on any atom is 0.129 e. The monoisotopic (exact) mass is 268 g/mol. The van der Waals surface area contributed by atoms with Gasteiger partial charge in [0.25, 0.3) is 0 Å². The quantitative estimate of drug-likeness (QED) is 0.396. The third-order valence-corrected chi connectivity index (χ3v) is 4.01. The minimum atomic E-state index is 0.340. The van der Waals surface area contributed by atoms with Crippen LogP contribution in [0.25, 0.3) is 0 Å². The molecular weight excluding hydrogens is 232 g/mol. The summed E-state index contributed by atoms with van der Waals surface area (Å²) < 4.78 is 0. The Bertz CT molecular complexity index is 220. The molecule has 0 fully saturated rings. The first kappa shape index (κ1) is 18.7. The highest BCUT2D eigenvalue weighted by molar-refractivity contribution is 5.75. The third kappa shape index (κ3) is 13.9. The summed E-state index contributed by atoms with van der Waals surface area (Å²) in [7, 11) is 0. The average Bonchev–Trinajstić information content (AvgIpc) is 2.27. The molecule has 0 aromatic heterocycles. The van der Waals surface area contributed by atoms with Gasteiger partial charge in [0.2, 0.25) is 0 Å². The van der Waals surface area contributed by atoms with Gasteiger partial charge in [0, 0.05) is 6.42 Å². The van der Waals surface area contributed by atoms with Gasteiger partial charge in [0.15, 0.2) is 0 Å². The van der Waals surface area contributed by atoms with Gasteiger partial charge >= 0.3 is 0 Å². The molecule has 0 aliphatic heterocycles. The molecule has 0 aliphatic rings. The molecule has 19 heavy (non-hydrogen) atoms. The van der Waals surface area contributed by atoms with E-state index in [2.05, 4.69) is 27.7 Å². The summed E-state index contributed by atoms with van der Waals surface area (Å²) in [5, 5.41) is 0. The van der Waals surface area contributed by atoms with Crippen LogP contribution in [0.4, 0.5) is 0 Å². The second-order valence-corrected chi connectivity index (χ2v) is 7.07. The van der Waals surface area contributed by atoms with E-state index in [1.54, 1.807) is 6.92 Å². The van der Waals surface area contributed by atoms with Crippen LogP contribution in [0.3, 0.4) is 0 Å². The number of hydrogen-bond acceptors (Lipinski definition) is 1. The largest absolute Gasteiger partial charge is 0.300 e. The highest BCUT2D eigenvalue weighted by Crippen LogP contribution is 2.22. The Kier molecular flexibility index (Phi) is 11.3. The van der Waals surface area contributed by atoms with Crippen LogP contribution in [0.15, 0.2) is 0 Å². The normalized spacial score (nSPS) is 14.6. The van der Waals surface area contributed by atoms with Gasteiger partial charge in [0.1, 0.15) is 5.78 Å². The van der Waals surface area contributed by atoms with Gasteiger partial charge in [-0.1, -0.05) is 66.2 Å². The van der Waals surface area contributed by atoms with Crippen molar-refractivity contribution in [2.24, 2.45) is 17.8 Å². The minimum Gasteiger partial charge on any atom is -0.300 e. The first-order valence-electron chi connectivity index (χ1n) is 8.41. The number of Topliss-reactive ketones (excluding diaryl/α,β-unsaturated/α-hetero) is 1. The van der Waals surface area contributed by atoms with Gasteiger partial charge in [-0.2, -0.15) is 0 Å². The van der Waals surface area contributed by atoms with Crippen LogP contribution in [0, 0.1) is 17.8 Å². The van der Waals surface area contributed by atoms with E-state index in [1.165, 1.54) is 44.9 Å². The zero-order chi connectivity index (χ0) is 14.7. The Hall–Kier alpha value is -0.330. The van der Waals surface area contributed by atoms with Crippen molar-refractivity contribution in [3.63, 3.8) is 0 Å². The van der Waals surface area contributed by atoms with E-state index in [0.717, 1.165) is 30.6 Å². The predicted molar refractivity (Wildman–Crippen MR) is 85.4 cm³/mol. The number of hydrogen-bond donors (Lipinski definition) is 0. The molecule has 0 aromatic carbocycles. The molecule has 0 spiro atoms. The maximum absolute atomic E-state index is 10.8. The van der Waals surface area contributed by atoms with Crippen LogP contribution in [0.5, 0.6) is 0 Å². The first-order valence-corrected chi connectivity index (χ1v) is 8.41. The summed E-state index contributed by atoms with van der Waals surface area (Å²) >= 11 is 0. The van der Waals surface area contributed by atoms with E-state index < -0.39 is 0 Å². The molecule has 1 nitrogen and oxygen atoms in total. The Balaban J connectivity index is 3.45. The van der Waals surface area contributed by atoms with Crippen LogP contribution in [-0.4, -0.2) is 5.78 Å². The van der Waals surface area contributed by atoms with E-state index >= 15 is 0 Å². The van der Waals surface area contributed by atoms with Crippen LogP contribution < -0.4 is 0 Å². The molecule has 2 atom stereocenters. The van der Waals surface area contributed by atoms with Gasteiger partial charge in [-0.05, 0) is 37.5 Å². The number of unbranched alkanes of at least 4 members (excludes halogenated alkanes) is 2. The van der Waals surface area contributed by atoms with Crippen molar-refractivity contribution in [1.29, 1.82) is 0 Å². The van der Waals surface area contributed by atoms with Crippen molar-refractivity contribution in [2.45, 2.75) is 92.4 Å². The smallest absolute Gasteiger partial charge is 0.129 e. The lowest BCUT2D eigenvalue weighted by molar-refractivity contribution is -0.117. The van der Waals surface area contributed by atoms with Crippen molar-refractivity contribution in [3.8, 4) is 0 Å². The zero-order valence-corrected chi connectivity index (χ0v) is 14.0. The molecule has 0 amide bonds. The van der Waals surface area contributed by atoms with Crippen LogP contribution >= 0.6 is 0 Å². The molecule has 0 rings (SSSR count). The molecule has 0 saturated heterocycles. The van der Waals surface area contributed by atoms with Gasteiger partial charge in [-0.25, -0.2) is 0 Å². The summed E-state index contributed by atoms with van der Waals surface area (Å²) in [6.07, 6.45) is 11.3. The van der Waals surface area contributed by atoms with E-state index in [-0.39, 0.29) is 0 Å². The van der Waals surface area contributed by atoms with Crippen molar-refractivity contribution in [1.82, 2.24) is 0 Å². The van der Waals surface area contributed by atoms with E-state index in [4.69, 9.17) is 0 Å². The lowest BCUT2D eigenvalue weighted by Gasteiger charge is -2.17. The van der Waals surface area contributed by atoms with Gasteiger partial charge in [-0.15, -0.1) is 0 Å².